The van der Waals surface area contributed by atoms with Crippen molar-refractivity contribution in [2.45, 2.75) is 39.5 Å². The van der Waals surface area contributed by atoms with Crippen molar-refractivity contribution in [3.8, 4) is 44.5 Å². The van der Waals surface area contributed by atoms with Crippen molar-refractivity contribution in [1.82, 2.24) is 0 Å². The molecule has 338 valence electrons. The van der Waals surface area contributed by atoms with Crippen molar-refractivity contribution in [3.63, 3.8) is 0 Å². The molecule has 0 atom stereocenters. The minimum absolute atomic E-state index is 0.254. The Morgan fingerprint density at radius 1 is 0.214 bits per heavy atom. The van der Waals surface area contributed by atoms with Crippen LogP contribution in [0.1, 0.15) is 50.7 Å². The number of fused-ring (bicyclic) bond motifs is 2. The molecule has 0 heterocycles. The maximum atomic E-state index is 2.46. The summed E-state index contributed by atoms with van der Waals surface area (Å²) in [6, 6.07) is 93.1. The fourth-order valence-corrected chi connectivity index (χ4v) is 10.5. The first-order valence-electron chi connectivity index (χ1n) is 24.6. The number of benzene rings is 11. The summed E-state index contributed by atoms with van der Waals surface area (Å²) >= 11 is 0. The molecule has 11 aromatic rings. The van der Waals surface area contributed by atoms with Crippen molar-refractivity contribution in [3.05, 3.63) is 266 Å². The van der Waals surface area contributed by atoms with Gasteiger partial charge in [0.1, 0.15) is 0 Å². The quantitative estimate of drug-likeness (QED) is 0.113. The van der Waals surface area contributed by atoms with E-state index in [1.807, 2.05) is 0 Å². The normalized spacial score (nSPS) is 11.4. The van der Waals surface area contributed by atoms with Gasteiger partial charge in [0, 0.05) is 34.1 Å². The van der Waals surface area contributed by atoms with Crippen LogP contribution in [-0.2, 0) is 0 Å². The Kier molecular flexibility index (Phi) is 12.1. The van der Waals surface area contributed by atoms with E-state index in [2.05, 4.69) is 292 Å². The van der Waals surface area contributed by atoms with Crippen molar-refractivity contribution in [2.75, 3.05) is 9.80 Å². The Bertz CT molecular complexity index is 3210. The van der Waals surface area contributed by atoms with Crippen LogP contribution >= 0.6 is 0 Å². The molecule has 0 aliphatic heterocycles. The monoisotopic (exact) mass is 900 g/mol. The Morgan fingerprint density at radius 2 is 0.486 bits per heavy atom. The molecule has 0 radical (unpaired) electrons. The Labute approximate surface area is 413 Å². The number of rotatable bonds is 12. The summed E-state index contributed by atoms with van der Waals surface area (Å²) in [6.07, 6.45) is 0. The highest BCUT2D eigenvalue weighted by Crippen LogP contribution is 2.47. The zero-order valence-electron chi connectivity index (χ0n) is 40.3. The van der Waals surface area contributed by atoms with E-state index in [1.165, 1.54) is 77.2 Å². The van der Waals surface area contributed by atoms with Gasteiger partial charge in [0.25, 0.3) is 0 Å². The van der Waals surface area contributed by atoms with Crippen LogP contribution in [0.3, 0.4) is 0 Å². The maximum absolute atomic E-state index is 2.46. The fourth-order valence-electron chi connectivity index (χ4n) is 10.5. The molecule has 0 aliphatic rings. The van der Waals surface area contributed by atoms with Crippen molar-refractivity contribution < 1.29 is 0 Å². The second kappa shape index (κ2) is 19.3. The molecule has 0 unspecified atom stereocenters. The summed E-state index contributed by atoms with van der Waals surface area (Å²) in [5, 5.41) is 5.18. The van der Waals surface area contributed by atoms with E-state index in [1.54, 1.807) is 0 Å². The van der Waals surface area contributed by atoms with E-state index in [0.29, 0.717) is 0 Å². The molecule has 2 heteroatoms. The van der Waals surface area contributed by atoms with Crippen LogP contribution in [0, 0.1) is 0 Å². The molecule has 0 aliphatic carbocycles. The van der Waals surface area contributed by atoms with Gasteiger partial charge in [-0.25, -0.2) is 0 Å². The van der Waals surface area contributed by atoms with Crippen molar-refractivity contribution in [1.29, 1.82) is 0 Å². The molecule has 0 saturated carbocycles. The average Bonchev–Trinajstić information content (AvgIpc) is 3.41. The second-order valence-corrected chi connectivity index (χ2v) is 18.9. The first-order valence-corrected chi connectivity index (χ1v) is 24.6. The van der Waals surface area contributed by atoms with Gasteiger partial charge in [-0.2, -0.15) is 0 Å². The number of hydrogen-bond acceptors (Lipinski definition) is 2. The molecule has 0 amide bonds. The van der Waals surface area contributed by atoms with Gasteiger partial charge in [-0.1, -0.05) is 198 Å². The van der Waals surface area contributed by atoms with Crippen LogP contribution in [-0.4, -0.2) is 0 Å². The fraction of sp³-hybridized carbons (Fsp3) is 0.0882. The first kappa shape index (κ1) is 44.1. The lowest BCUT2D eigenvalue weighted by molar-refractivity contribution is 0.873. The van der Waals surface area contributed by atoms with Crippen molar-refractivity contribution >= 4 is 55.7 Å². The molecular weight excluding hydrogens is 845 g/mol. The highest BCUT2D eigenvalue weighted by atomic mass is 15.1. The molecule has 0 fully saturated rings. The van der Waals surface area contributed by atoms with Gasteiger partial charge in [0.2, 0.25) is 0 Å². The maximum Gasteiger partial charge on any atom is 0.0473 e. The Hall–Kier alpha value is -8.46. The summed E-state index contributed by atoms with van der Waals surface area (Å²) in [4.78, 5) is 4.88. The zero-order chi connectivity index (χ0) is 47.6. The highest BCUT2D eigenvalue weighted by Gasteiger charge is 2.24. The molecular formula is C68H56N2. The van der Waals surface area contributed by atoms with Crippen molar-refractivity contribution in [2.24, 2.45) is 0 Å². The molecule has 0 spiro atoms. The van der Waals surface area contributed by atoms with Crippen LogP contribution in [0.5, 0.6) is 0 Å². The Morgan fingerprint density at radius 3 is 0.757 bits per heavy atom. The lowest BCUT2D eigenvalue weighted by Crippen LogP contribution is -2.11. The van der Waals surface area contributed by atoms with E-state index in [0.717, 1.165) is 34.1 Å². The van der Waals surface area contributed by atoms with Gasteiger partial charge >= 0.3 is 0 Å². The zero-order valence-corrected chi connectivity index (χ0v) is 40.3. The minimum Gasteiger partial charge on any atom is -0.310 e. The Balaban J connectivity index is 1.12. The highest BCUT2D eigenvalue weighted by molar-refractivity contribution is 6.09. The third-order valence-electron chi connectivity index (χ3n) is 13.6. The average molecular weight is 901 g/mol. The standard InChI is InChI=1S/C68H56N2/c1-47(2)67-63-37-35-60(70(58-33-21-10-22-34-58)62-43-55(51-27-15-7-16-28-51)40-56(44-62)52-29-17-8-18-30-52)46-66(63)68(48(3)4)64-38-36-59(45-65(64)67)69(57-31-19-9-20-32-57)61-41-53(49-23-11-5-12-24-49)39-54(42-61)50-25-13-6-14-26-50/h5-48H,1-4H3. The predicted octanol–water partition coefficient (Wildman–Crippen LogP) is 19.8. The van der Waals surface area contributed by atoms with Gasteiger partial charge in [-0.3, -0.25) is 0 Å². The van der Waals surface area contributed by atoms with E-state index in [4.69, 9.17) is 0 Å². The van der Waals surface area contributed by atoms with Gasteiger partial charge < -0.3 is 9.80 Å². The van der Waals surface area contributed by atoms with Crippen LogP contribution in [0.2, 0.25) is 0 Å². The molecule has 70 heavy (non-hydrogen) atoms. The summed E-state index contributed by atoms with van der Waals surface area (Å²) in [6.45, 7) is 9.41. The van der Waals surface area contributed by atoms with E-state index < -0.39 is 0 Å². The van der Waals surface area contributed by atoms with Gasteiger partial charge in [0.05, 0.1) is 0 Å². The molecule has 0 N–H and O–H groups in total. The van der Waals surface area contributed by atoms with Crippen LogP contribution in [0.4, 0.5) is 34.1 Å². The summed E-state index contributed by atoms with van der Waals surface area (Å²) < 4.78 is 0. The SMILES string of the molecule is CC(C)c1c2ccc(N(c3ccccc3)c3cc(-c4ccccc4)cc(-c4ccccc4)c3)cc2c(C(C)C)c2ccc(N(c3ccccc3)c3cc(-c4ccccc4)cc(-c4ccccc4)c3)cc12. The first-order chi connectivity index (χ1) is 34.4. The molecule has 0 aromatic heterocycles. The molecule has 2 nitrogen and oxygen atoms in total. The van der Waals surface area contributed by atoms with E-state index >= 15 is 0 Å². The lowest BCUT2D eigenvalue weighted by atomic mass is 9.83. The lowest BCUT2D eigenvalue weighted by Gasteiger charge is -2.30. The molecule has 11 aromatic carbocycles. The molecule has 0 saturated heterocycles. The van der Waals surface area contributed by atoms with E-state index in [-0.39, 0.29) is 11.8 Å². The number of anilines is 6. The van der Waals surface area contributed by atoms with Gasteiger partial charge in [-0.05, 0) is 174 Å². The number of nitrogens with zero attached hydrogens (tertiary/aromatic N) is 2. The smallest absolute Gasteiger partial charge is 0.0473 e. The van der Waals surface area contributed by atoms with Crippen LogP contribution in [0.15, 0.2) is 255 Å². The minimum atomic E-state index is 0.254. The predicted molar refractivity (Wildman–Crippen MR) is 301 cm³/mol. The number of para-hydroxylation sites is 2. The summed E-state index contributed by atoms with van der Waals surface area (Å²) in [5.74, 6) is 0.509. The summed E-state index contributed by atoms with van der Waals surface area (Å²) in [5.41, 5.74) is 18.9. The molecule has 0 bridgehead atoms. The van der Waals surface area contributed by atoms with Crippen LogP contribution in [0.25, 0.3) is 66.1 Å². The second-order valence-electron chi connectivity index (χ2n) is 18.9. The molecule has 11 rings (SSSR count). The number of hydrogen-bond donors (Lipinski definition) is 0. The van der Waals surface area contributed by atoms with Gasteiger partial charge in [0.15, 0.2) is 0 Å². The summed E-state index contributed by atoms with van der Waals surface area (Å²) in [7, 11) is 0. The largest absolute Gasteiger partial charge is 0.310 e. The van der Waals surface area contributed by atoms with Gasteiger partial charge in [-0.15, -0.1) is 0 Å². The van der Waals surface area contributed by atoms with E-state index in [9.17, 15) is 0 Å². The third kappa shape index (κ3) is 8.66. The topological polar surface area (TPSA) is 6.48 Å². The van der Waals surface area contributed by atoms with Crippen LogP contribution < -0.4 is 9.80 Å². The third-order valence-corrected chi connectivity index (χ3v) is 13.6.